The number of para-hydroxylation sites is 1. The number of nitrogens with zero attached hydrogens (tertiary/aromatic N) is 1. The molecule has 1 aliphatic rings. The molecule has 1 amide bonds. The highest BCUT2D eigenvalue weighted by atomic mass is 16.5. The third-order valence-corrected chi connectivity index (χ3v) is 4.81. The van der Waals surface area contributed by atoms with Gasteiger partial charge in [-0.15, -0.1) is 0 Å². The van der Waals surface area contributed by atoms with E-state index in [1.54, 1.807) is 0 Å². The zero-order valence-electron chi connectivity index (χ0n) is 17.4. The van der Waals surface area contributed by atoms with Crippen LogP contribution >= 0.6 is 0 Å². The van der Waals surface area contributed by atoms with Gasteiger partial charge in [-0.25, -0.2) is 9.59 Å². The van der Waals surface area contributed by atoms with Crippen LogP contribution in [0, 0.1) is 5.92 Å². The minimum atomic E-state index is -1.82. The van der Waals surface area contributed by atoms with Crippen molar-refractivity contribution < 1.29 is 29.3 Å². The molecule has 162 valence electrons. The maximum atomic E-state index is 12.2. The SMILES string of the molecule is CCOc1ccccc1CN1CCC(C(=O)NC(C)CC)CC1.O=C(O)C(=O)O. The standard InChI is InChI=1S/C19H30N2O2.C2H2O4/c1-4-15(3)20-19(22)16-10-12-21(13-11-16)14-17-8-6-7-9-18(17)23-5-2;3-1(4)2(5)6/h6-9,15-16H,4-5,10-14H2,1-3H3,(H,20,22);(H,3,4)(H,5,6). The van der Waals surface area contributed by atoms with E-state index in [1.807, 2.05) is 19.1 Å². The van der Waals surface area contributed by atoms with Gasteiger partial charge in [0.2, 0.25) is 5.91 Å². The highest BCUT2D eigenvalue weighted by Crippen LogP contribution is 2.24. The van der Waals surface area contributed by atoms with Gasteiger partial charge in [-0.1, -0.05) is 25.1 Å². The van der Waals surface area contributed by atoms with E-state index < -0.39 is 11.9 Å². The predicted octanol–water partition coefficient (Wildman–Crippen LogP) is 2.37. The van der Waals surface area contributed by atoms with Crippen molar-refractivity contribution in [3.63, 3.8) is 0 Å². The minimum Gasteiger partial charge on any atom is -0.494 e. The topological polar surface area (TPSA) is 116 Å². The number of carbonyl (C=O) groups excluding carboxylic acids is 1. The van der Waals surface area contributed by atoms with Gasteiger partial charge in [0.1, 0.15) is 5.75 Å². The monoisotopic (exact) mass is 408 g/mol. The van der Waals surface area contributed by atoms with Crippen molar-refractivity contribution in [1.82, 2.24) is 10.2 Å². The van der Waals surface area contributed by atoms with Crippen molar-refractivity contribution in [2.45, 2.75) is 52.6 Å². The molecule has 1 aliphatic heterocycles. The van der Waals surface area contributed by atoms with E-state index in [0.717, 1.165) is 44.6 Å². The van der Waals surface area contributed by atoms with Crippen LogP contribution in [0.15, 0.2) is 24.3 Å². The smallest absolute Gasteiger partial charge is 0.414 e. The molecule has 1 saturated heterocycles. The molecule has 0 aromatic heterocycles. The predicted molar refractivity (Wildman–Crippen MR) is 109 cm³/mol. The Morgan fingerprint density at radius 2 is 1.72 bits per heavy atom. The summed E-state index contributed by atoms with van der Waals surface area (Å²) in [7, 11) is 0. The number of amides is 1. The molecule has 8 heteroatoms. The van der Waals surface area contributed by atoms with Crippen LogP contribution in [-0.2, 0) is 20.9 Å². The van der Waals surface area contributed by atoms with Gasteiger partial charge in [0.25, 0.3) is 0 Å². The molecule has 29 heavy (non-hydrogen) atoms. The fourth-order valence-corrected chi connectivity index (χ4v) is 2.99. The summed E-state index contributed by atoms with van der Waals surface area (Å²) in [6, 6.07) is 8.51. The average Bonchev–Trinajstić information content (AvgIpc) is 2.70. The number of nitrogens with one attached hydrogen (secondary N) is 1. The minimum absolute atomic E-state index is 0.169. The molecule has 0 bridgehead atoms. The van der Waals surface area contributed by atoms with E-state index >= 15 is 0 Å². The number of piperidine rings is 1. The zero-order chi connectivity index (χ0) is 21.8. The van der Waals surface area contributed by atoms with Crippen LogP contribution < -0.4 is 10.1 Å². The van der Waals surface area contributed by atoms with Crippen molar-refractivity contribution in [1.29, 1.82) is 0 Å². The van der Waals surface area contributed by atoms with Crippen LogP contribution in [0.4, 0.5) is 0 Å². The average molecular weight is 408 g/mol. The van der Waals surface area contributed by atoms with Gasteiger partial charge in [0.15, 0.2) is 0 Å². The number of carbonyl (C=O) groups is 3. The Morgan fingerprint density at radius 3 is 2.24 bits per heavy atom. The maximum absolute atomic E-state index is 12.2. The third-order valence-electron chi connectivity index (χ3n) is 4.81. The van der Waals surface area contributed by atoms with Crippen LogP contribution in [0.1, 0.15) is 45.6 Å². The number of hydrogen-bond acceptors (Lipinski definition) is 5. The first-order chi connectivity index (χ1) is 13.8. The lowest BCUT2D eigenvalue weighted by Crippen LogP contribution is -2.42. The highest BCUT2D eigenvalue weighted by molar-refractivity contribution is 6.27. The normalized spacial score (nSPS) is 15.6. The summed E-state index contributed by atoms with van der Waals surface area (Å²) in [4.78, 5) is 32.8. The Hall–Kier alpha value is -2.61. The summed E-state index contributed by atoms with van der Waals surface area (Å²) in [5.41, 5.74) is 1.23. The second-order valence-corrected chi connectivity index (χ2v) is 7.02. The van der Waals surface area contributed by atoms with Crippen LogP contribution in [0.5, 0.6) is 5.75 Å². The molecule has 1 unspecified atom stereocenters. The second kappa shape index (κ2) is 12.8. The fraction of sp³-hybridized carbons (Fsp3) is 0.571. The molecule has 8 nitrogen and oxygen atoms in total. The molecule has 1 heterocycles. The quantitative estimate of drug-likeness (QED) is 0.593. The second-order valence-electron chi connectivity index (χ2n) is 7.02. The lowest BCUT2D eigenvalue weighted by Gasteiger charge is -2.32. The number of ether oxygens (including phenoxy) is 1. The molecule has 1 fully saturated rings. The third kappa shape index (κ3) is 8.95. The van der Waals surface area contributed by atoms with Crippen molar-refractivity contribution in [3.05, 3.63) is 29.8 Å². The van der Waals surface area contributed by atoms with Gasteiger partial charge < -0.3 is 20.3 Å². The Kier molecular flexibility index (Phi) is 10.8. The Balaban J connectivity index is 0.000000612. The number of rotatable bonds is 7. The van der Waals surface area contributed by atoms with E-state index in [1.165, 1.54) is 5.56 Å². The van der Waals surface area contributed by atoms with Crippen LogP contribution in [0.25, 0.3) is 0 Å². The molecule has 2 rings (SSSR count). The van der Waals surface area contributed by atoms with Gasteiger partial charge in [-0.05, 0) is 52.3 Å². The van der Waals surface area contributed by atoms with Gasteiger partial charge in [-0.3, -0.25) is 9.69 Å². The summed E-state index contributed by atoms with van der Waals surface area (Å²) in [5, 5.41) is 17.9. The van der Waals surface area contributed by atoms with E-state index in [4.69, 9.17) is 24.5 Å². The van der Waals surface area contributed by atoms with Crippen LogP contribution in [0.2, 0.25) is 0 Å². The number of hydrogen-bond donors (Lipinski definition) is 3. The molecule has 0 saturated carbocycles. The van der Waals surface area contributed by atoms with Crippen LogP contribution in [-0.4, -0.2) is 58.7 Å². The number of carboxylic acids is 2. The van der Waals surface area contributed by atoms with Crippen molar-refractivity contribution in [3.8, 4) is 5.75 Å². The zero-order valence-corrected chi connectivity index (χ0v) is 17.4. The largest absolute Gasteiger partial charge is 0.494 e. The van der Waals surface area contributed by atoms with Crippen molar-refractivity contribution >= 4 is 17.8 Å². The number of likely N-dealkylation sites (tertiary alicyclic amines) is 1. The molecular weight excluding hydrogens is 376 g/mol. The van der Waals surface area contributed by atoms with Crippen LogP contribution in [0.3, 0.4) is 0 Å². The van der Waals surface area contributed by atoms with Gasteiger partial charge in [0, 0.05) is 24.1 Å². The van der Waals surface area contributed by atoms with E-state index in [0.29, 0.717) is 6.61 Å². The summed E-state index contributed by atoms with van der Waals surface area (Å²) in [5.74, 6) is -2.27. The Morgan fingerprint density at radius 1 is 1.14 bits per heavy atom. The Labute approximate surface area is 171 Å². The van der Waals surface area contributed by atoms with Crippen molar-refractivity contribution in [2.75, 3.05) is 19.7 Å². The molecule has 0 radical (unpaired) electrons. The Bertz CT molecular complexity index is 659. The molecule has 1 aromatic rings. The lowest BCUT2D eigenvalue weighted by atomic mass is 9.95. The number of aliphatic carboxylic acids is 2. The fourth-order valence-electron chi connectivity index (χ4n) is 2.99. The van der Waals surface area contributed by atoms with E-state index in [2.05, 4.69) is 36.2 Å². The summed E-state index contributed by atoms with van der Waals surface area (Å²) in [6.45, 7) is 9.71. The van der Waals surface area contributed by atoms with E-state index in [-0.39, 0.29) is 17.9 Å². The van der Waals surface area contributed by atoms with Gasteiger partial charge in [-0.2, -0.15) is 0 Å². The summed E-state index contributed by atoms with van der Waals surface area (Å²) < 4.78 is 5.70. The lowest BCUT2D eigenvalue weighted by molar-refractivity contribution is -0.159. The molecule has 1 aromatic carbocycles. The molecule has 1 atom stereocenters. The molecular formula is C21H32N2O6. The van der Waals surface area contributed by atoms with Gasteiger partial charge >= 0.3 is 11.9 Å². The van der Waals surface area contributed by atoms with E-state index in [9.17, 15) is 4.79 Å². The highest BCUT2D eigenvalue weighted by Gasteiger charge is 2.25. The molecule has 0 spiro atoms. The summed E-state index contributed by atoms with van der Waals surface area (Å²) >= 11 is 0. The summed E-state index contributed by atoms with van der Waals surface area (Å²) in [6.07, 6.45) is 2.87. The number of carboxylic acid groups (broad SMARTS) is 2. The molecule has 3 N–H and O–H groups in total. The van der Waals surface area contributed by atoms with Crippen molar-refractivity contribution in [2.24, 2.45) is 5.92 Å². The number of benzene rings is 1. The first-order valence-corrected chi connectivity index (χ1v) is 9.98. The first kappa shape index (κ1) is 24.4. The molecule has 0 aliphatic carbocycles. The first-order valence-electron chi connectivity index (χ1n) is 9.98. The maximum Gasteiger partial charge on any atom is 0.414 e. The van der Waals surface area contributed by atoms with Gasteiger partial charge in [0.05, 0.1) is 6.61 Å².